The van der Waals surface area contributed by atoms with Crippen molar-refractivity contribution < 1.29 is 38.4 Å². The van der Waals surface area contributed by atoms with Gasteiger partial charge in [-0.3, -0.25) is 0 Å². The predicted molar refractivity (Wildman–Crippen MR) is 89.9 cm³/mol. The second-order valence-corrected chi connectivity index (χ2v) is 6.25. The van der Waals surface area contributed by atoms with Gasteiger partial charge in [0.1, 0.15) is 0 Å². The van der Waals surface area contributed by atoms with Gasteiger partial charge in [0.05, 0.1) is 0 Å². The summed E-state index contributed by atoms with van der Waals surface area (Å²) in [6, 6.07) is 3.15. The molecule has 1 aromatic rings. The van der Waals surface area contributed by atoms with Crippen LogP contribution < -0.4 is 9.47 Å². The van der Waals surface area contributed by atoms with Crippen molar-refractivity contribution in [1.82, 2.24) is 0 Å². The van der Waals surface area contributed by atoms with Crippen LogP contribution in [0.25, 0.3) is 0 Å². The van der Waals surface area contributed by atoms with Gasteiger partial charge in [-0.1, -0.05) is 0 Å². The number of Topliss-reactive ketones (excluding diaryl/α,β-unsaturated/α-hetero) is 2. The summed E-state index contributed by atoms with van der Waals surface area (Å²) in [6.45, 7) is 5.47. The van der Waals surface area contributed by atoms with Crippen LogP contribution in [-0.2, 0) is 19.4 Å². The fourth-order valence-electron chi connectivity index (χ4n) is 2.63. The summed E-state index contributed by atoms with van der Waals surface area (Å²) in [5.41, 5.74) is 2.59. The molecule has 0 saturated heterocycles. The van der Waals surface area contributed by atoms with Gasteiger partial charge in [-0.05, 0) is 0 Å². The van der Waals surface area contributed by atoms with Gasteiger partial charge in [-0.25, -0.2) is 0 Å². The van der Waals surface area contributed by atoms with E-state index >= 15 is 0 Å². The number of benzene rings is 1. The number of fused-ring (bicyclic) bond motifs is 1. The average molecular weight is 494 g/mol. The number of ether oxygens (including phenoxy) is 2. The van der Waals surface area contributed by atoms with Crippen LogP contribution in [0.5, 0.6) is 11.5 Å². The number of allylic oxidation sites excluding steroid dienone is 5. The molecule has 5 heteroatoms. The van der Waals surface area contributed by atoms with Crippen molar-refractivity contribution in [3.8, 4) is 11.5 Å². The minimum atomic E-state index is -0.157. The molecule has 4 nitrogen and oxygen atoms in total. The molecule has 24 heavy (non-hydrogen) atoms. The summed E-state index contributed by atoms with van der Waals surface area (Å²) in [6.07, 6.45) is 4.02. The summed E-state index contributed by atoms with van der Waals surface area (Å²) in [5.74, 6) is 0.555. The molecule has 0 fully saturated rings. The summed E-state index contributed by atoms with van der Waals surface area (Å²) in [7, 11) is 3.00. The maximum atomic E-state index is 12.9. The van der Waals surface area contributed by atoms with Crippen molar-refractivity contribution in [3.63, 3.8) is 0 Å². The molecule has 0 N–H and O–H groups in total. The second kappa shape index (κ2) is 7.67. The van der Waals surface area contributed by atoms with Gasteiger partial charge in [0.2, 0.25) is 0 Å². The van der Waals surface area contributed by atoms with Crippen molar-refractivity contribution in [2.75, 3.05) is 14.2 Å². The molecule has 0 spiro atoms. The van der Waals surface area contributed by atoms with E-state index in [0.29, 0.717) is 40.2 Å². The molecule has 0 saturated carbocycles. The molecule has 0 bridgehead atoms. The molecular weight excluding hydrogens is 476 g/mol. The van der Waals surface area contributed by atoms with Gasteiger partial charge in [-0.15, -0.1) is 0 Å². The topological polar surface area (TPSA) is 52.6 Å². The number of carbonyl (C=O) groups excluding carboxylic acids is 2. The van der Waals surface area contributed by atoms with Crippen molar-refractivity contribution in [2.24, 2.45) is 0 Å². The zero-order valence-corrected chi connectivity index (χ0v) is 16.8. The van der Waals surface area contributed by atoms with Gasteiger partial charge in [0, 0.05) is 0 Å². The SMILES string of the molecule is C=C/C(=C\[CH]=[W])CC1=C(C)C(=O)c2cc(OC)c(OC)cc2C1=O. The van der Waals surface area contributed by atoms with E-state index in [1.165, 1.54) is 33.6 Å². The van der Waals surface area contributed by atoms with Crippen LogP contribution in [0.4, 0.5) is 0 Å². The monoisotopic (exact) mass is 494 g/mol. The van der Waals surface area contributed by atoms with E-state index in [0.717, 1.165) is 5.57 Å². The first-order valence-corrected chi connectivity index (χ1v) is 8.99. The molecule has 0 aromatic heterocycles. The zero-order chi connectivity index (χ0) is 17.9. The Balaban J connectivity index is 2.58. The van der Waals surface area contributed by atoms with Crippen LogP contribution in [-0.4, -0.2) is 30.2 Å². The normalized spacial score (nSPS) is 14.4. The number of ketones is 2. The molecule has 124 valence electrons. The maximum absolute atomic E-state index is 12.9. The van der Waals surface area contributed by atoms with Crippen LogP contribution in [0.3, 0.4) is 0 Å². The molecule has 0 amide bonds. The first kappa shape index (κ1) is 18.3. The molecule has 1 aromatic carbocycles. The van der Waals surface area contributed by atoms with Gasteiger partial charge in [0.15, 0.2) is 0 Å². The van der Waals surface area contributed by atoms with E-state index in [-0.39, 0.29) is 11.6 Å². The van der Waals surface area contributed by atoms with Crippen LogP contribution in [0.15, 0.2) is 47.6 Å². The standard InChI is InChI=1S/C19H18O4.W/c1-6-12(7-2)8-13-11(3)18(20)14-9-16(22-4)17(23-5)10-15(14)19(13)21;/h1,6-7,9-10H,2,8H2,3-5H3;/b12-6+;. The Labute approximate surface area is 152 Å². The summed E-state index contributed by atoms with van der Waals surface area (Å²) in [5, 5.41) is 0. The Morgan fingerprint density at radius 3 is 2.12 bits per heavy atom. The molecular formula is C19H18O4W. The van der Waals surface area contributed by atoms with Crippen LogP contribution in [0.1, 0.15) is 34.1 Å². The van der Waals surface area contributed by atoms with E-state index in [1.54, 1.807) is 25.1 Å². The molecule has 0 radical (unpaired) electrons. The fourth-order valence-corrected chi connectivity index (χ4v) is 3.26. The predicted octanol–water partition coefficient (Wildman–Crippen LogP) is 3.25. The van der Waals surface area contributed by atoms with Crippen LogP contribution in [0.2, 0.25) is 0 Å². The molecule has 2 rings (SSSR count). The molecule has 0 heterocycles. The number of methoxy groups -OCH3 is 2. The van der Waals surface area contributed by atoms with E-state index in [9.17, 15) is 9.59 Å². The summed E-state index contributed by atoms with van der Waals surface area (Å²) >= 11 is 1.31. The van der Waals surface area contributed by atoms with Gasteiger partial charge >= 0.3 is 152 Å². The number of hydrogen-bond donors (Lipinski definition) is 0. The zero-order valence-electron chi connectivity index (χ0n) is 13.8. The Hall–Kier alpha value is -2.06. The van der Waals surface area contributed by atoms with E-state index < -0.39 is 0 Å². The Bertz CT molecular complexity index is 800. The number of rotatable bonds is 6. The fraction of sp³-hybridized carbons (Fsp3) is 0.211. The quantitative estimate of drug-likeness (QED) is 0.571. The van der Waals surface area contributed by atoms with Gasteiger partial charge in [0.25, 0.3) is 0 Å². The summed E-state index contributed by atoms with van der Waals surface area (Å²) in [4.78, 5) is 25.6. The third-order valence-corrected chi connectivity index (χ3v) is 4.49. The Kier molecular flexibility index (Phi) is 5.84. The van der Waals surface area contributed by atoms with Crippen molar-refractivity contribution in [1.29, 1.82) is 0 Å². The van der Waals surface area contributed by atoms with Crippen molar-refractivity contribution in [3.05, 3.63) is 58.7 Å². The average Bonchev–Trinajstić information content (AvgIpc) is 2.61. The molecule has 1 aliphatic carbocycles. The second-order valence-electron chi connectivity index (χ2n) is 5.27. The third-order valence-electron chi connectivity index (χ3n) is 4.01. The molecule has 0 atom stereocenters. The Morgan fingerprint density at radius 2 is 1.67 bits per heavy atom. The molecule has 1 aliphatic rings. The van der Waals surface area contributed by atoms with Gasteiger partial charge < -0.3 is 0 Å². The van der Waals surface area contributed by atoms with Gasteiger partial charge in [-0.2, -0.15) is 0 Å². The molecule has 0 unspecified atom stereocenters. The van der Waals surface area contributed by atoms with Crippen LogP contribution in [0, 0.1) is 0 Å². The number of carbonyl (C=O) groups is 2. The Morgan fingerprint density at radius 1 is 1.12 bits per heavy atom. The van der Waals surface area contributed by atoms with E-state index in [4.69, 9.17) is 9.47 Å². The number of hydrogen-bond acceptors (Lipinski definition) is 4. The van der Waals surface area contributed by atoms with Crippen molar-refractivity contribution in [2.45, 2.75) is 13.3 Å². The first-order valence-electron chi connectivity index (χ1n) is 7.30. The third kappa shape index (κ3) is 3.25. The molecule has 0 aliphatic heterocycles. The van der Waals surface area contributed by atoms with Crippen LogP contribution >= 0.6 is 0 Å². The van der Waals surface area contributed by atoms with E-state index in [2.05, 4.69) is 6.58 Å². The van der Waals surface area contributed by atoms with E-state index in [1.807, 2.05) is 10.5 Å². The first-order chi connectivity index (χ1) is 11.5. The van der Waals surface area contributed by atoms with Crippen molar-refractivity contribution >= 4 is 16.0 Å². The minimum absolute atomic E-state index is 0.153. The summed E-state index contributed by atoms with van der Waals surface area (Å²) < 4.78 is 12.4.